The summed E-state index contributed by atoms with van der Waals surface area (Å²) in [6, 6.07) is -0.317. The highest BCUT2D eigenvalue weighted by atomic mass is 16.2. The summed E-state index contributed by atoms with van der Waals surface area (Å²) in [5, 5.41) is 6.39. The van der Waals surface area contributed by atoms with E-state index in [9.17, 15) is 4.79 Å². The van der Waals surface area contributed by atoms with E-state index in [1.165, 1.54) is 0 Å². The molecule has 0 aromatic carbocycles. The van der Waals surface area contributed by atoms with Gasteiger partial charge < -0.3 is 15.5 Å². The zero-order chi connectivity index (χ0) is 15.3. The summed E-state index contributed by atoms with van der Waals surface area (Å²) < 4.78 is 0. The van der Waals surface area contributed by atoms with Gasteiger partial charge in [0.1, 0.15) is 23.5 Å². The van der Waals surface area contributed by atoms with Crippen molar-refractivity contribution in [3.8, 4) is 0 Å². The van der Waals surface area contributed by atoms with Crippen LogP contribution in [0.15, 0.2) is 0 Å². The molecular formula is C14H25N5O. The van der Waals surface area contributed by atoms with Crippen LogP contribution in [0.2, 0.25) is 0 Å². The molecule has 1 heterocycles. The van der Waals surface area contributed by atoms with Crippen LogP contribution in [0.25, 0.3) is 0 Å². The van der Waals surface area contributed by atoms with Crippen molar-refractivity contribution in [3.05, 3.63) is 11.4 Å². The first-order chi connectivity index (χ1) is 9.40. The second-order valence-electron chi connectivity index (χ2n) is 4.84. The van der Waals surface area contributed by atoms with Gasteiger partial charge in [0.25, 0.3) is 0 Å². The molecule has 1 aromatic heterocycles. The molecule has 0 fully saturated rings. The number of nitrogens with one attached hydrogen (secondary N) is 2. The quantitative estimate of drug-likeness (QED) is 0.831. The molecule has 0 aliphatic heterocycles. The Kier molecular flexibility index (Phi) is 5.73. The third-order valence-electron chi connectivity index (χ3n) is 3.18. The summed E-state index contributed by atoms with van der Waals surface area (Å²) >= 11 is 0. The summed E-state index contributed by atoms with van der Waals surface area (Å²) in [5.41, 5.74) is 0.927. The predicted molar refractivity (Wildman–Crippen MR) is 82.1 cm³/mol. The van der Waals surface area contributed by atoms with E-state index in [-0.39, 0.29) is 11.9 Å². The van der Waals surface area contributed by atoms with Gasteiger partial charge in [0.15, 0.2) is 0 Å². The van der Waals surface area contributed by atoms with Gasteiger partial charge in [-0.3, -0.25) is 4.79 Å². The van der Waals surface area contributed by atoms with Crippen molar-refractivity contribution in [1.82, 2.24) is 14.9 Å². The van der Waals surface area contributed by atoms with Crippen molar-refractivity contribution in [2.24, 2.45) is 0 Å². The summed E-state index contributed by atoms with van der Waals surface area (Å²) in [5.74, 6) is 2.25. The first kappa shape index (κ1) is 16.2. The van der Waals surface area contributed by atoms with E-state index in [0.717, 1.165) is 17.9 Å². The van der Waals surface area contributed by atoms with Crippen LogP contribution in [-0.4, -0.2) is 47.0 Å². The Morgan fingerprint density at radius 1 is 1.25 bits per heavy atom. The Morgan fingerprint density at radius 3 is 2.40 bits per heavy atom. The number of hydrogen-bond acceptors (Lipinski definition) is 5. The minimum atomic E-state index is -0.317. The Morgan fingerprint density at radius 2 is 1.85 bits per heavy atom. The fourth-order valence-electron chi connectivity index (χ4n) is 1.86. The predicted octanol–water partition coefficient (Wildman–Crippen LogP) is 1.80. The molecule has 0 bridgehead atoms. The molecule has 0 spiro atoms. The highest BCUT2D eigenvalue weighted by Gasteiger charge is 2.18. The molecule has 1 aromatic rings. The first-order valence-electron chi connectivity index (χ1n) is 7.01. The molecule has 1 atom stereocenters. The lowest BCUT2D eigenvalue weighted by Gasteiger charge is -2.22. The molecule has 0 saturated carbocycles. The standard InChI is InChI=1S/C14H25N5O/c1-7-15-12-9(3)13(18-11(5)17-12)16-10(4)14(20)19(6)8-2/h10H,7-8H2,1-6H3,(H2,15,16,17,18). The minimum Gasteiger partial charge on any atom is -0.370 e. The SMILES string of the molecule is CCNc1nc(C)nc(NC(C)C(=O)N(C)CC)c1C. The maximum absolute atomic E-state index is 12.1. The van der Waals surface area contributed by atoms with Crippen LogP contribution in [0.4, 0.5) is 11.6 Å². The highest BCUT2D eigenvalue weighted by molar-refractivity contribution is 5.84. The van der Waals surface area contributed by atoms with Gasteiger partial charge in [-0.2, -0.15) is 0 Å². The van der Waals surface area contributed by atoms with Gasteiger partial charge in [-0.1, -0.05) is 0 Å². The number of carbonyl (C=O) groups is 1. The van der Waals surface area contributed by atoms with Crippen LogP contribution in [0.5, 0.6) is 0 Å². The second-order valence-corrected chi connectivity index (χ2v) is 4.84. The normalized spacial score (nSPS) is 11.9. The lowest BCUT2D eigenvalue weighted by Crippen LogP contribution is -2.39. The van der Waals surface area contributed by atoms with Crippen LogP contribution in [0.1, 0.15) is 32.2 Å². The van der Waals surface area contributed by atoms with Gasteiger partial charge >= 0.3 is 0 Å². The number of amides is 1. The third kappa shape index (κ3) is 3.82. The summed E-state index contributed by atoms with van der Waals surface area (Å²) in [4.78, 5) is 22.5. The molecule has 20 heavy (non-hydrogen) atoms. The monoisotopic (exact) mass is 279 g/mol. The number of aromatic nitrogens is 2. The summed E-state index contributed by atoms with van der Waals surface area (Å²) in [7, 11) is 1.79. The maximum atomic E-state index is 12.1. The van der Waals surface area contributed by atoms with Gasteiger partial charge in [-0.25, -0.2) is 9.97 Å². The molecule has 1 unspecified atom stereocenters. The van der Waals surface area contributed by atoms with E-state index in [0.29, 0.717) is 18.2 Å². The Balaban J connectivity index is 2.94. The van der Waals surface area contributed by atoms with Crippen molar-refractivity contribution >= 4 is 17.5 Å². The van der Waals surface area contributed by atoms with Crippen molar-refractivity contribution in [3.63, 3.8) is 0 Å². The van der Waals surface area contributed by atoms with E-state index < -0.39 is 0 Å². The van der Waals surface area contributed by atoms with E-state index in [1.807, 2.05) is 34.6 Å². The van der Waals surface area contributed by atoms with Gasteiger partial charge in [0.2, 0.25) is 5.91 Å². The number of anilines is 2. The molecule has 1 amide bonds. The number of rotatable bonds is 6. The zero-order valence-electron chi connectivity index (χ0n) is 13.2. The molecule has 6 heteroatoms. The Labute approximate surface area is 121 Å². The second kappa shape index (κ2) is 7.07. The fraction of sp³-hybridized carbons (Fsp3) is 0.643. The number of likely N-dealkylation sites (N-methyl/N-ethyl adjacent to an activating group) is 1. The Hall–Kier alpha value is -1.85. The van der Waals surface area contributed by atoms with Crippen molar-refractivity contribution in [2.75, 3.05) is 30.8 Å². The van der Waals surface area contributed by atoms with Gasteiger partial charge in [0.05, 0.1) is 0 Å². The van der Waals surface area contributed by atoms with Crippen molar-refractivity contribution in [2.45, 2.75) is 40.7 Å². The maximum Gasteiger partial charge on any atom is 0.244 e. The zero-order valence-corrected chi connectivity index (χ0v) is 13.2. The van der Waals surface area contributed by atoms with E-state index in [4.69, 9.17) is 0 Å². The highest BCUT2D eigenvalue weighted by Crippen LogP contribution is 2.20. The average molecular weight is 279 g/mol. The van der Waals surface area contributed by atoms with Crippen LogP contribution >= 0.6 is 0 Å². The van der Waals surface area contributed by atoms with Crippen LogP contribution < -0.4 is 10.6 Å². The molecule has 0 radical (unpaired) electrons. The molecular weight excluding hydrogens is 254 g/mol. The van der Waals surface area contributed by atoms with Gasteiger partial charge in [-0.15, -0.1) is 0 Å². The lowest BCUT2D eigenvalue weighted by molar-refractivity contribution is -0.130. The molecule has 112 valence electrons. The fourth-order valence-corrected chi connectivity index (χ4v) is 1.86. The number of carbonyl (C=O) groups excluding carboxylic acids is 1. The molecule has 1 rings (SSSR count). The van der Waals surface area contributed by atoms with E-state index in [1.54, 1.807) is 11.9 Å². The smallest absolute Gasteiger partial charge is 0.244 e. The third-order valence-corrected chi connectivity index (χ3v) is 3.18. The van der Waals surface area contributed by atoms with Gasteiger partial charge in [-0.05, 0) is 34.6 Å². The van der Waals surface area contributed by atoms with Crippen molar-refractivity contribution in [1.29, 1.82) is 0 Å². The molecule has 0 aliphatic rings. The van der Waals surface area contributed by atoms with E-state index in [2.05, 4.69) is 20.6 Å². The van der Waals surface area contributed by atoms with E-state index >= 15 is 0 Å². The molecule has 6 nitrogen and oxygen atoms in total. The van der Waals surface area contributed by atoms with Crippen LogP contribution in [-0.2, 0) is 4.79 Å². The molecule has 0 aliphatic carbocycles. The number of aryl methyl sites for hydroxylation is 1. The summed E-state index contributed by atoms with van der Waals surface area (Å²) in [6.45, 7) is 11.1. The largest absolute Gasteiger partial charge is 0.370 e. The van der Waals surface area contributed by atoms with Crippen LogP contribution in [0.3, 0.4) is 0 Å². The number of hydrogen-bond donors (Lipinski definition) is 2. The Bertz CT molecular complexity index is 475. The topological polar surface area (TPSA) is 70.1 Å². The average Bonchev–Trinajstić information content (AvgIpc) is 2.42. The molecule has 2 N–H and O–H groups in total. The lowest BCUT2D eigenvalue weighted by atomic mass is 10.2. The molecule has 0 saturated heterocycles. The van der Waals surface area contributed by atoms with Gasteiger partial charge in [0, 0.05) is 25.7 Å². The van der Waals surface area contributed by atoms with Crippen molar-refractivity contribution < 1.29 is 4.79 Å². The van der Waals surface area contributed by atoms with Crippen LogP contribution in [0, 0.1) is 13.8 Å². The summed E-state index contributed by atoms with van der Waals surface area (Å²) in [6.07, 6.45) is 0. The first-order valence-corrected chi connectivity index (χ1v) is 7.01. The minimum absolute atomic E-state index is 0.0492. The number of nitrogens with zero attached hydrogens (tertiary/aromatic N) is 3.